The normalized spacial score (nSPS) is 10.4. The fraction of sp³-hybridized carbons (Fsp3) is 0.200. The Morgan fingerprint density at radius 3 is 2.10 bits per heavy atom. The highest BCUT2D eigenvalue weighted by Crippen LogP contribution is 2.34. The molecule has 1 N–H and O–H groups in total. The van der Waals surface area contributed by atoms with Crippen molar-refractivity contribution in [3.8, 4) is 0 Å². The van der Waals surface area contributed by atoms with Crippen LogP contribution in [0.3, 0.4) is 0 Å². The van der Waals surface area contributed by atoms with Crippen LogP contribution in [0.2, 0.25) is 10.0 Å². The summed E-state index contributed by atoms with van der Waals surface area (Å²) in [5.74, 6) is 0. The first-order valence-electron chi connectivity index (χ1n) is 6.12. The number of nitrogens with zero attached hydrogens (tertiary/aromatic N) is 1. The van der Waals surface area contributed by atoms with Crippen molar-refractivity contribution in [1.82, 2.24) is 0 Å². The maximum absolute atomic E-state index is 6.18. The lowest BCUT2D eigenvalue weighted by molar-refractivity contribution is 1.11. The molecule has 0 aliphatic heterocycles. The van der Waals surface area contributed by atoms with Gasteiger partial charge in [-0.3, -0.25) is 0 Å². The molecule has 5 heteroatoms. The van der Waals surface area contributed by atoms with Crippen LogP contribution in [0.4, 0.5) is 11.4 Å². The topological polar surface area (TPSA) is 15.3 Å². The standard InChI is InChI=1S/C15H15BrCl2N2/c1-20(2)12-5-3-10(4-6-12)9-19-15-13(17)7-11(16)8-14(15)18/h3-8,19H,9H2,1-2H3. The molecule has 20 heavy (non-hydrogen) atoms. The van der Waals surface area contributed by atoms with Crippen molar-refractivity contribution in [3.05, 3.63) is 56.5 Å². The molecule has 2 aromatic rings. The molecule has 0 unspecified atom stereocenters. The van der Waals surface area contributed by atoms with Crippen LogP contribution in [0.5, 0.6) is 0 Å². The lowest BCUT2D eigenvalue weighted by atomic mass is 10.2. The summed E-state index contributed by atoms with van der Waals surface area (Å²) < 4.78 is 0.869. The molecule has 0 aliphatic rings. The number of nitrogens with one attached hydrogen (secondary N) is 1. The summed E-state index contributed by atoms with van der Waals surface area (Å²) in [6, 6.07) is 12.0. The molecule has 0 radical (unpaired) electrons. The second-order valence-corrected chi connectivity index (χ2v) is 6.39. The zero-order chi connectivity index (χ0) is 14.7. The van der Waals surface area contributed by atoms with E-state index in [1.54, 1.807) is 0 Å². The summed E-state index contributed by atoms with van der Waals surface area (Å²) in [6.07, 6.45) is 0. The van der Waals surface area contributed by atoms with Crippen molar-refractivity contribution in [3.63, 3.8) is 0 Å². The third-order valence-electron chi connectivity index (χ3n) is 2.93. The minimum Gasteiger partial charge on any atom is -0.379 e. The molecule has 0 spiro atoms. The molecule has 0 saturated carbocycles. The summed E-state index contributed by atoms with van der Waals surface area (Å²) in [5, 5.41) is 4.49. The van der Waals surface area contributed by atoms with Crippen LogP contribution >= 0.6 is 39.1 Å². The second kappa shape index (κ2) is 6.70. The van der Waals surface area contributed by atoms with Gasteiger partial charge >= 0.3 is 0 Å². The largest absolute Gasteiger partial charge is 0.379 e. The number of benzene rings is 2. The molecule has 0 atom stereocenters. The molecular weight excluding hydrogens is 359 g/mol. The Kier molecular flexibility index (Phi) is 5.19. The van der Waals surface area contributed by atoms with E-state index in [2.05, 4.69) is 50.4 Å². The minimum absolute atomic E-state index is 0.606. The maximum Gasteiger partial charge on any atom is 0.0722 e. The Labute approximate surface area is 137 Å². The molecule has 0 heterocycles. The van der Waals surface area contributed by atoms with Gasteiger partial charge < -0.3 is 10.2 Å². The number of halogens is 3. The van der Waals surface area contributed by atoms with Crippen molar-refractivity contribution >= 4 is 50.5 Å². The lowest BCUT2D eigenvalue weighted by Crippen LogP contribution is -2.08. The van der Waals surface area contributed by atoms with E-state index in [-0.39, 0.29) is 0 Å². The molecule has 0 fully saturated rings. The zero-order valence-electron chi connectivity index (χ0n) is 11.3. The fourth-order valence-corrected chi connectivity index (χ4v) is 3.16. The van der Waals surface area contributed by atoms with Crippen molar-refractivity contribution < 1.29 is 0 Å². The first-order chi connectivity index (χ1) is 9.47. The number of hydrogen-bond donors (Lipinski definition) is 1. The monoisotopic (exact) mass is 372 g/mol. The molecule has 0 aromatic heterocycles. The highest BCUT2D eigenvalue weighted by Gasteiger charge is 2.07. The molecule has 2 rings (SSSR count). The Bertz CT molecular complexity index is 574. The molecule has 0 aliphatic carbocycles. The minimum atomic E-state index is 0.606. The van der Waals surface area contributed by atoms with Gasteiger partial charge in [-0.1, -0.05) is 51.3 Å². The Morgan fingerprint density at radius 1 is 1.05 bits per heavy atom. The van der Waals surface area contributed by atoms with E-state index in [1.165, 1.54) is 11.3 Å². The van der Waals surface area contributed by atoms with Gasteiger partial charge in [0.05, 0.1) is 15.7 Å². The second-order valence-electron chi connectivity index (χ2n) is 4.66. The van der Waals surface area contributed by atoms with Gasteiger partial charge in [0, 0.05) is 30.8 Å². The van der Waals surface area contributed by atoms with E-state index >= 15 is 0 Å². The van der Waals surface area contributed by atoms with Gasteiger partial charge in [-0.15, -0.1) is 0 Å². The average molecular weight is 374 g/mol. The van der Waals surface area contributed by atoms with Gasteiger partial charge in [0.1, 0.15) is 0 Å². The van der Waals surface area contributed by atoms with Gasteiger partial charge in [0.25, 0.3) is 0 Å². The van der Waals surface area contributed by atoms with E-state index in [9.17, 15) is 0 Å². The van der Waals surface area contributed by atoms with Gasteiger partial charge in [0.15, 0.2) is 0 Å². The molecule has 0 bridgehead atoms. The summed E-state index contributed by atoms with van der Waals surface area (Å²) in [6.45, 7) is 0.675. The molecule has 106 valence electrons. The zero-order valence-corrected chi connectivity index (χ0v) is 14.4. The van der Waals surface area contributed by atoms with Crippen LogP contribution in [0.15, 0.2) is 40.9 Å². The van der Waals surface area contributed by atoms with Crippen LogP contribution in [0, 0.1) is 0 Å². The summed E-state index contributed by atoms with van der Waals surface area (Å²) >= 11 is 15.7. The van der Waals surface area contributed by atoms with Crippen LogP contribution < -0.4 is 10.2 Å². The van der Waals surface area contributed by atoms with E-state index in [4.69, 9.17) is 23.2 Å². The maximum atomic E-state index is 6.18. The van der Waals surface area contributed by atoms with E-state index in [0.29, 0.717) is 16.6 Å². The molecule has 0 saturated heterocycles. The van der Waals surface area contributed by atoms with E-state index in [1.807, 2.05) is 26.2 Å². The number of hydrogen-bond acceptors (Lipinski definition) is 2. The quantitative estimate of drug-likeness (QED) is 0.768. The fourth-order valence-electron chi connectivity index (χ4n) is 1.81. The third kappa shape index (κ3) is 3.81. The predicted molar refractivity (Wildman–Crippen MR) is 92.3 cm³/mol. The van der Waals surface area contributed by atoms with Crippen molar-refractivity contribution in [2.24, 2.45) is 0 Å². The third-order valence-corrected chi connectivity index (χ3v) is 3.98. The van der Waals surface area contributed by atoms with Crippen LogP contribution in [0.25, 0.3) is 0 Å². The van der Waals surface area contributed by atoms with Gasteiger partial charge in [-0.05, 0) is 29.8 Å². The molecule has 2 aromatic carbocycles. The summed E-state index contributed by atoms with van der Waals surface area (Å²) in [7, 11) is 4.04. The van der Waals surface area contributed by atoms with Crippen LogP contribution in [-0.2, 0) is 6.54 Å². The van der Waals surface area contributed by atoms with Gasteiger partial charge in [-0.25, -0.2) is 0 Å². The van der Waals surface area contributed by atoms with E-state index in [0.717, 1.165) is 10.2 Å². The average Bonchev–Trinajstić information content (AvgIpc) is 2.38. The van der Waals surface area contributed by atoms with Gasteiger partial charge in [-0.2, -0.15) is 0 Å². The van der Waals surface area contributed by atoms with Crippen molar-refractivity contribution in [2.75, 3.05) is 24.3 Å². The Balaban J connectivity index is 2.09. The first-order valence-corrected chi connectivity index (χ1v) is 7.67. The predicted octanol–water partition coefficient (Wildman–Crippen LogP) is 5.43. The van der Waals surface area contributed by atoms with E-state index < -0.39 is 0 Å². The van der Waals surface area contributed by atoms with Crippen molar-refractivity contribution in [2.45, 2.75) is 6.54 Å². The summed E-state index contributed by atoms with van der Waals surface area (Å²) in [4.78, 5) is 2.07. The highest BCUT2D eigenvalue weighted by molar-refractivity contribution is 9.10. The molecule has 2 nitrogen and oxygen atoms in total. The Morgan fingerprint density at radius 2 is 1.60 bits per heavy atom. The highest BCUT2D eigenvalue weighted by atomic mass is 79.9. The van der Waals surface area contributed by atoms with Crippen molar-refractivity contribution in [1.29, 1.82) is 0 Å². The molecule has 0 amide bonds. The smallest absolute Gasteiger partial charge is 0.0722 e. The lowest BCUT2D eigenvalue weighted by Gasteiger charge is -2.14. The number of anilines is 2. The molecular formula is C15H15BrCl2N2. The van der Waals surface area contributed by atoms with Crippen LogP contribution in [-0.4, -0.2) is 14.1 Å². The van der Waals surface area contributed by atoms with Crippen LogP contribution in [0.1, 0.15) is 5.56 Å². The Hall–Kier alpha value is -0.900. The number of rotatable bonds is 4. The summed E-state index contributed by atoms with van der Waals surface area (Å²) in [5.41, 5.74) is 3.10. The SMILES string of the molecule is CN(C)c1ccc(CNc2c(Cl)cc(Br)cc2Cl)cc1. The van der Waals surface area contributed by atoms with Gasteiger partial charge in [0.2, 0.25) is 0 Å². The first kappa shape index (κ1) is 15.5.